The second-order valence-corrected chi connectivity index (χ2v) is 6.79. The minimum absolute atomic E-state index is 0.293. The topological polar surface area (TPSA) is 60.5 Å². The average Bonchev–Trinajstić information content (AvgIpc) is 2.69. The number of ether oxygens (including phenoxy) is 2. The van der Waals surface area contributed by atoms with Gasteiger partial charge in [-0.25, -0.2) is 0 Å². The molecule has 0 atom stereocenters. The van der Waals surface area contributed by atoms with Crippen LogP contribution < -0.4 is 14.8 Å². The van der Waals surface area contributed by atoms with Crippen LogP contribution >= 0.6 is 0 Å². The maximum atomic E-state index is 12.6. The number of carbonyl (C=O) groups is 1. The van der Waals surface area contributed by atoms with E-state index in [-0.39, 0.29) is 11.7 Å². The summed E-state index contributed by atoms with van der Waals surface area (Å²) in [6.07, 6.45) is -2.92. The van der Waals surface area contributed by atoms with Gasteiger partial charge in [0, 0.05) is 17.4 Å². The second-order valence-electron chi connectivity index (χ2n) is 6.79. The van der Waals surface area contributed by atoms with Gasteiger partial charge in [0.05, 0.1) is 11.3 Å². The predicted molar refractivity (Wildman–Crippen MR) is 111 cm³/mol. The van der Waals surface area contributed by atoms with Gasteiger partial charge in [0.25, 0.3) is 5.91 Å². The van der Waals surface area contributed by atoms with Crippen LogP contribution in [0.25, 0.3) is 0 Å². The van der Waals surface area contributed by atoms with Crippen LogP contribution in [0, 0.1) is 6.92 Å². The molecule has 0 aliphatic carbocycles. The maximum absolute atomic E-state index is 12.6. The number of pyridine rings is 1. The maximum Gasteiger partial charge on any atom is 0.573 e. The Morgan fingerprint density at radius 2 is 1.71 bits per heavy atom. The number of hydrogen-bond donors (Lipinski definition) is 1. The number of amides is 1. The summed E-state index contributed by atoms with van der Waals surface area (Å²) in [6, 6.07) is 15.3. The molecule has 162 valence electrons. The first-order valence-corrected chi connectivity index (χ1v) is 9.65. The van der Waals surface area contributed by atoms with E-state index >= 15 is 0 Å². The largest absolute Gasteiger partial charge is 0.573 e. The van der Waals surface area contributed by atoms with Gasteiger partial charge in [0.1, 0.15) is 17.2 Å². The van der Waals surface area contributed by atoms with Crippen molar-refractivity contribution in [3.63, 3.8) is 0 Å². The normalized spacial score (nSPS) is 11.1. The zero-order valence-corrected chi connectivity index (χ0v) is 17.0. The molecule has 1 heterocycles. The number of aryl methyl sites for hydroxylation is 2. The Labute approximate surface area is 177 Å². The van der Waals surface area contributed by atoms with Crippen molar-refractivity contribution in [2.45, 2.75) is 33.1 Å². The molecule has 1 N–H and O–H groups in total. The Kier molecular flexibility index (Phi) is 6.79. The second kappa shape index (κ2) is 9.51. The molecule has 0 saturated heterocycles. The number of nitrogens with zero attached hydrogens (tertiary/aromatic N) is 1. The number of benzene rings is 2. The zero-order chi connectivity index (χ0) is 22.4. The number of nitrogens with one attached hydrogen (secondary N) is 1. The molecule has 3 aromatic rings. The summed E-state index contributed by atoms with van der Waals surface area (Å²) in [5.74, 6) is 0.105. The zero-order valence-electron chi connectivity index (χ0n) is 17.0. The Hall–Kier alpha value is -3.55. The highest BCUT2D eigenvalue weighted by Crippen LogP contribution is 2.28. The van der Waals surface area contributed by atoms with Crippen LogP contribution in [0.4, 0.5) is 18.9 Å². The molecule has 0 fully saturated rings. The van der Waals surface area contributed by atoms with Crippen molar-refractivity contribution in [3.05, 3.63) is 77.6 Å². The fraction of sp³-hybridized carbons (Fsp3) is 0.217. The summed E-state index contributed by atoms with van der Waals surface area (Å²) in [7, 11) is 0. The molecule has 0 aliphatic rings. The van der Waals surface area contributed by atoms with Crippen LogP contribution in [0.2, 0.25) is 0 Å². The molecule has 0 saturated carbocycles. The van der Waals surface area contributed by atoms with E-state index in [0.29, 0.717) is 28.4 Å². The van der Waals surface area contributed by atoms with Crippen molar-refractivity contribution in [2.24, 2.45) is 0 Å². The molecule has 0 radical (unpaired) electrons. The van der Waals surface area contributed by atoms with Gasteiger partial charge in [-0.2, -0.15) is 0 Å². The first kappa shape index (κ1) is 22.1. The van der Waals surface area contributed by atoms with Crippen molar-refractivity contribution in [1.82, 2.24) is 4.98 Å². The fourth-order valence-corrected chi connectivity index (χ4v) is 2.93. The number of hydrogen-bond acceptors (Lipinski definition) is 4. The van der Waals surface area contributed by atoms with Crippen molar-refractivity contribution < 1.29 is 27.4 Å². The first-order valence-electron chi connectivity index (χ1n) is 9.65. The van der Waals surface area contributed by atoms with Crippen molar-refractivity contribution in [3.8, 4) is 17.2 Å². The molecule has 31 heavy (non-hydrogen) atoms. The van der Waals surface area contributed by atoms with Gasteiger partial charge in [-0.1, -0.05) is 19.4 Å². The molecule has 0 spiro atoms. The average molecular weight is 430 g/mol. The Morgan fingerprint density at radius 3 is 2.35 bits per heavy atom. The summed E-state index contributed by atoms with van der Waals surface area (Å²) in [6.45, 7) is 3.86. The number of aromatic nitrogens is 1. The summed E-state index contributed by atoms with van der Waals surface area (Å²) in [5.41, 5.74) is 2.58. The van der Waals surface area contributed by atoms with E-state index < -0.39 is 6.36 Å². The first-order chi connectivity index (χ1) is 14.7. The molecule has 1 amide bonds. The van der Waals surface area contributed by atoms with E-state index in [4.69, 9.17) is 4.74 Å². The van der Waals surface area contributed by atoms with Gasteiger partial charge in [0.15, 0.2) is 0 Å². The summed E-state index contributed by atoms with van der Waals surface area (Å²) < 4.78 is 46.2. The van der Waals surface area contributed by atoms with E-state index in [2.05, 4.69) is 22.0 Å². The molecule has 0 bridgehead atoms. The lowest BCUT2D eigenvalue weighted by atomic mass is 10.1. The Morgan fingerprint density at radius 1 is 1.00 bits per heavy atom. The molecular weight excluding hydrogens is 409 g/mol. The quantitative estimate of drug-likeness (QED) is 0.479. The van der Waals surface area contributed by atoms with Crippen LogP contribution in [0.3, 0.4) is 0 Å². The van der Waals surface area contributed by atoms with E-state index in [1.807, 2.05) is 6.07 Å². The molecule has 2 aromatic carbocycles. The van der Waals surface area contributed by atoms with Gasteiger partial charge in [0.2, 0.25) is 0 Å². The van der Waals surface area contributed by atoms with Crippen LogP contribution in [0.15, 0.2) is 60.7 Å². The highest BCUT2D eigenvalue weighted by Gasteiger charge is 2.31. The number of rotatable bonds is 7. The van der Waals surface area contributed by atoms with E-state index in [1.54, 1.807) is 37.3 Å². The summed E-state index contributed by atoms with van der Waals surface area (Å²) >= 11 is 0. The van der Waals surface area contributed by atoms with Crippen LogP contribution in [-0.4, -0.2) is 17.3 Å². The molecule has 3 rings (SSSR count). The number of anilines is 1. The highest BCUT2D eigenvalue weighted by molar-refractivity contribution is 6.05. The number of carbonyl (C=O) groups excluding carboxylic acids is 1. The van der Waals surface area contributed by atoms with Crippen molar-refractivity contribution >= 4 is 11.6 Å². The molecule has 1 aromatic heterocycles. The third-order valence-electron chi connectivity index (χ3n) is 4.28. The van der Waals surface area contributed by atoms with E-state index in [0.717, 1.165) is 30.7 Å². The van der Waals surface area contributed by atoms with Gasteiger partial charge in [-0.15, -0.1) is 13.2 Å². The number of alkyl halides is 3. The van der Waals surface area contributed by atoms with Gasteiger partial charge in [-0.3, -0.25) is 9.78 Å². The molecule has 5 nitrogen and oxygen atoms in total. The monoisotopic (exact) mass is 430 g/mol. The lowest BCUT2D eigenvalue weighted by Crippen LogP contribution is -2.16. The Balaban J connectivity index is 1.67. The summed E-state index contributed by atoms with van der Waals surface area (Å²) in [4.78, 5) is 17.1. The SMILES string of the molecule is CCCc1ccc(C(=O)Nc2cccc(Oc3ccc(OC(F)(F)F)cc3)c2)c(C)n1. The molecule has 8 heteroatoms. The molecular formula is C23H21F3N2O3. The predicted octanol–water partition coefficient (Wildman–Crippen LogP) is 6.29. The van der Waals surface area contributed by atoms with Gasteiger partial charge < -0.3 is 14.8 Å². The van der Waals surface area contributed by atoms with Crippen molar-refractivity contribution in [2.75, 3.05) is 5.32 Å². The highest BCUT2D eigenvalue weighted by atomic mass is 19.4. The van der Waals surface area contributed by atoms with Gasteiger partial charge in [-0.05, 0) is 61.9 Å². The third-order valence-corrected chi connectivity index (χ3v) is 4.28. The minimum atomic E-state index is -4.75. The smallest absolute Gasteiger partial charge is 0.457 e. The van der Waals surface area contributed by atoms with Crippen LogP contribution in [0.5, 0.6) is 17.2 Å². The standard InChI is InChI=1S/C23H21F3N2O3/c1-3-5-16-8-13-21(15(2)27-16)22(29)28-17-6-4-7-20(14-17)30-18-9-11-19(12-10-18)31-23(24,25)26/h4,6-14H,3,5H2,1-2H3,(H,28,29). The molecule has 0 aliphatic heterocycles. The fourth-order valence-electron chi connectivity index (χ4n) is 2.93. The van der Waals surface area contributed by atoms with Crippen LogP contribution in [0.1, 0.15) is 35.1 Å². The van der Waals surface area contributed by atoms with E-state index in [1.165, 1.54) is 12.1 Å². The lowest BCUT2D eigenvalue weighted by molar-refractivity contribution is -0.274. The van der Waals surface area contributed by atoms with Gasteiger partial charge >= 0.3 is 6.36 Å². The van der Waals surface area contributed by atoms with E-state index in [9.17, 15) is 18.0 Å². The molecule has 0 unspecified atom stereocenters. The van der Waals surface area contributed by atoms with Crippen molar-refractivity contribution in [1.29, 1.82) is 0 Å². The number of halogens is 3. The minimum Gasteiger partial charge on any atom is -0.457 e. The summed E-state index contributed by atoms with van der Waals surface area (Å²) in [5, 5.41) is 2.81. The lowest BCUT2D eigenvalue weighted by Gasteiger charge is -2.12. The third kappa shape index (κ3) is 6.47. The Bertz CT molecular complexity index is 1050. The van der Waals surface area contributed by atoms with Crippen LogP contribution in [-0.2, 0) is 6.42 Å².